The summed E-state index contributed by atoms with van der Waals surface area (Å²) in [4.78, 5) is 0. The molecule has 3 rings (SSSR count). The molecule has 0 unspecified atom stereocenters. The fourth-order valence-corrected chi connectivity index (χ4v) is 2.64. The Bertz CT molecular complexity index is 774. The SMILES string of the molecule is OCc1nnc(-c2ccc(F)cc2Br)n1-c1ccccc1. The Hall–Kier alpha value is -2.05. The number of aliphatic hydroxyl groups is 1. The predicted molar refractivity (Wildman–Crippen MR) is 80.4 cm³/mol. The predicted octanol–water partition coefficient (Wildman–Crippen LogP) is 3.33. The summed E-state index contributed by atoms with van der Waals surface area (Å²) in [5.41, 5.74) is 1.53. The number of para-hydroxylation sites is 1. The monoisotopic (exact) mass is 347 g/mol. The van der Waals surface area contributed by atoms with Gasteiger partial charge >= 0.3 is 0 Å². The highest BCUT2D eigenvalue weighted by Gasteiger charge is 2.17. The Labute approximate surface area is 129 Å². The highest BCUT2D eigenvalue weighted by atomic mass is 79.9. The van der Waals surface area contributed by atoms with Gasteiger partial charge in [-0.05, 0) is 46.3 Å². The molecule has 1 N–H and O–H groups in total. The third-order valence-corrected chi connectivity index (χ3v) is 3.71. The van der Waals surface area contributed by atoms with Crippen molar-refractivity contribution in [2.45, 2.75) is 6.61 Å². The van der Waals surface area contributed by atoms with Crippen LogP contribution in [0.5, 0.6) is 0 Å². The molecule has 0 spiro atoms. The molecule has 0 fully saturated rings. The molecule has 0 aliphatic heterocycles. The van der Waals surface area contributed by atoms with Crippen LogP contribution in [0.3, 0.4) is 0 Å². The summed E-state index contributed by atoms with van der Waals surface area (Å²) in [7, 11) is 0. The first-order chi connectivity index (χ1) is 10.2. The Kier molecular flexibility index (Phi) is 3.81. The van der Waals surface area contributed by atoms with Crippen LogP contribution < -0.4 is 0 Å². The van der Waals surface area contributed by atoms with E-state index < -0.39 is 0 Å². The molecular formula is C15H11BrFN3O. The van der Waals surface area contributed by atoms with Crippen molar-refractivity contribution in [3.8, 4) is 17.1 Å². The highest BCUT2D eigenvalue weighted by molar-refractivity contribution is 9.10. The molecule has 0 aliphatic rings. The summed E-state index contributed by atoms with van der Waals surface area (Å²) in [5, 5.41) is 17.6. The Morgan fingerprint density at radius 3 is 2.52 bits per heavy atom. The summed E-state index contributed by atoms with van der Waals surface area (Å²) in [6.45, 7) is -0.235. The molecule has 3 aromatic rings. The average molecular weight is 348 g/mol. The second kappa shape index (κ2) is 5.75. The van der Waals surface area contributed by atoms with Gasteiger partial charge < -0.3 is 5.11 Å². The standard InChI is InChI=1S/C15H11BrFN3O/c16-13-8-10(17)6-7-12(13)15-19-18-14(9-21)20(15)11-4-2-1-3-5-11/h1-8,21H,9H2. The van der Waals surface area contributed by atoms with E-state index in [1.807, 2.05) is 30.3 Å². The van der Waals surface area contributed by atoms with Gasteiger partial charge in [-0.1, -0.05) is 18.2 Å². The van der Waals surface area contributed by atoms with Crippen LogP contribution in [0.1, 0.15) is 5.82 Å². The first-order valence-corrected chi connectivity index (χ1v) is 7.06. The van der Waals surface area contributed by atoms with Gasteiger partial charge in [-0.2, -0.15) is 0 Å². The molecule has 1 aromatic heterocycles. The molecule has 1 heterocycles. The lowest BCUT2D eigenvalue weighted by atomic mass is 10.2. The van der Waals surface area contributed by atoms with Gasteiger partial charge in [-0.25, -0.2) is 4.39 Å². The molecule has 0 aliphatic carbocycles. The number of aromatic nitrogens is 3. The topological polar surface area (TPSA) is 50.9 Å². The van der Waals surface area contributed by atoms with Gasteiger partial charge in [0.05, 0.1) is 0 Å². The van der Waals surface area contributed by atoms with Crippen molar-refractivity contribution in [1.82, 2.24) is 14.8 Å². The van der Waals surface area contributed by atoms with Gasteiger partial charge in [0.2, 0.25) is 0 Å². The molecule has 0 saturated carbocycles. The van der Waals surface area contributed by atoms with E-state index in [2.05, 4.69) is 26.1 Å². The molecule has 4 nitrogen and oxygen atoms in total. The molecule has 6 heteroatoms. The van der Waals surface area contributed by atoms with Crippen LogP contribution in [0, 0.1) is 5.82 Å². The van der Waals surface area contributed by atoms with E-state index in [0.29, 0.717) is 21.7 Å². The van der Waals surface area contributed by atoms with Crippen molar-refractivity contribution >= 4 is 15.9 Å². The van der Waals surface area contributed by atoms with Gasteiger partial charge in [0.1, 0.15) is 12.4 Å². The number of aliphatic hydroxyl groups excluding tert-OH is 1. The first-order valence-electron chi connectivity index (χ1n) is 6.26. The van der Waals surface area contributed by atoms with Gasteiger partial charge in [-0.15, -0.1) is 10.2 Å². The fourth-order valence-electron chi connectivity index (χ4n) is 2.11. The lowest BCUT2D eigenvalue weighted by Gasteiger charge is -2.10. The molecule has 0 saturated heterocycles. The maximum atomic E-state index is 13.2. The average Bonchev–Trinajstić information content (AvgIpc) is 2.92. The summed E-state index contributed by atoms with van der Waals surface area (Å²) >= 11 is 3.34. The van der Waals surface area contributed by atoms with E-state index in [9.17, 15) is 9.50 Å². The summed E-state index contributed by atoms with van der Waals surface area (Å²) in [6.07, 6.45) is 0. The summed E-state index contributed by atoms with van der Waals surface area (Å²) in [5.74, 6) is 0.628. The van der Waals surface area contributed by atoms with Crippen molar-refractivity contribution in [1.29, 1.82) is 0 Å². The molecule has 2 aromatic carbocycles. The largest absolute Gasteiger partial charge is 0.388 e. The van der Waals surface area contributed by atoms with Crippen LogP contribution in [0.4, 0.5) is 4.39 Å². The van der Waals surface area contributed by atoms with Crippen molar-refractivity contribution in [2.75, 3.05) is 0 Å². The van der Waals surface area contributed by atoms with Crippen molar-refractivity contribution in [3.05, 3.63) is 64.6 Å². The van der Waals surface area contributed by atoms with Gasteiger partial charge in [0.15, 0.2) is 11.6 Å². The molecule has 21 heavy (non-hydrogen) atoms. The van der Waals surface area contributed by atoms with Gasteiger partial charge in [0.25, 0.3) is 0 Å². The van der Waals surface area contributed by atoms with E-state index in [-0.39, 0.29) is 12.4 Å². The molecule has 0 radical (unpaired) electrons. The maximum absolute atomic E-state index is 13.2. The number of halogens is 2. The van der Waals surface area contributed by atoms with E-state index in [4.69, 9.17) is 0 Å². The molecule has 106 valence electrons. The maximum Gasteiger partial charge on any atom is 0.169 e. The minimum atomic E-state index is -0.334. The van der Waals surface area contributed by atoms with Crippen LogP contribution in [0.25, 0.3) is 17.1 Å². The molecule has 0 bridgehead atoms. The van der Waals surface area contributed by atoms with Gasteiger partial charge in [-0.3, -0.25) is 4.57 Å². The quantitative estimate of drug-likeness (QED) is 0.790. The van der Waals surface area contributed by atoms with Crippen LogP contribution in [0.2, 0.25) is 0 Å². The Balaban J connectivity index is 2.22. The number of hydrogen-bond acceptors (Lipinski definition) is 3. The zero-order valence-corrected chi connectivity index (χ0v) is 12.5. The number of hydrogen-bond donors (Lipinski definition) is 1. The summed E-state index contributed by atoms with van der Waals surface area (Å²) in [6, 6.07) is 13.8. The Morgan fingerprint density at radius 1 is 1.10 bits per heavy atom. The van der Waals surface area contributed by atoms with Crippen molar-refractivity contribution in [2.24, 2.45) is 0 Å². The fraction of sp³-hybridized carbons (Fsp3) is 0.0667. The number of rotatable bonds is 3. The van der Waals surface area contributed by atoms with Gasteiger partial charge in [0, 0.05) is 15.7 Å². The van der Waals surface area contributed by atoms with Crippen molar-refractivity contribution in [3.63, 3.8) is 0 Å². The zero-order valence-electron chi connectivity index (χ0n) is 10.9. The van der Waals surface area contributed by atoms with Crippen LogP contribution in [-0.4, -0.2) is 19.9 Å². The lowest BCUT2D eigenvalue weighted by molar-refractivity contribution is 0.269. The third kappa shape index (κ3) is 2.59. The molecule has 0 atom stereocenters. The third-order valence-electron chi connectivity index (χ3n) is 3.06. The Morgan fingerprint density at radius 2 is 1.86 bits per heavy atom. The van der Waals surface area contributed by atoms with E-state index in [0.717, 1.165) is 5.69 Å². The minimum Gasteiger partial charge on any atom is -0.388 e. The van der Waals surface area contributed by atoms with E-state index in [1.54, 1.807) is 10.6 Å². The van der Waals surface area contributed by atoms with E-state index in [1.165, 1.54) is 12.1 Å². The lowest BCUT2D eigenvalue weighted by Crippen LogP contribution is -2.03. The smallest absolute Gasteiger partial charge is 0.169 e. The van der Waals surface area contributed by atoms with Crippen molar-refractivity contribution < 1.29 is 9.50 Å². The van der Waals surface area contributed by atoms with Crippen LogP contribution >= 0.6 is 15.9 Å². The molecular weight excluding hydrogens is 337 g/mol. The minimum absolute atomic E-state index is 0.235. The normalized spacial score (nSPS) is 10.8. The second-order valence-electron chi connectivity index (χ2n) is 4.39. The second-order valence-corrected chi connectivity index (χ2v) is 5.25. The number of nitrogens with zero attached hydrogens (tertiary/aromatic N) is 3. The molecule has 0 amide bonds. The highest BCUT2D eigenvalue weighted by Crippen LogP contribution is 2.30. The van der Waals surface area contributed by atoms with Crippen LogP contribution in [0.15, 0.2) is 53.0 Å². The van der Waals surface area contributed by atoms with E-state index >= 15 is 0 Å². The first kappa shape index (κ1) is 13.9. The van der Waals surface area contributed by atoms with Crippen LogP contribution in [-0.2, 0) is 6.61 Å². The number of benzene rings is 2. The zero-order chi connectivity index (χ0) is 14.8. The summed E-state index contributed by atoms with van der Waals surface area (Å²) < 4.78 is 15.6.